The molecule has 0 aliphatic carbocycles. The Bertz CT molecular complexity index is 509. The normalized spacial score (nSPS) is 10.4. The average molecular weight is 216 g/mol. The summed E-state index contributed by atoms with van der Waals surface area (Å²) in [5.41, 5.74) is 3.10. The summed E-state index contributed by atoms with van der Waals surface area (Å²) in [7, 11) is 1.92. The zero-order valence-corrected chi connectivity index (χ0v) is 9.87. The van der Waals surface area contributed by atoms with Crippen molar-refractivity contribution in [3.05, 3.63) is 30.0 Å². The van der Waals surface area contributed by atoms with Crippen LogP contribution in [0.15, 0.2) is 24.3 Å². The van der Waals surface area contributed by atoms with Crippen LogP contribution in [0.4, 0.5) is 5.69 Å². The molecule has 0 atom stereocenters. The van der Waals surface area contributed by atoms with Crippen molar-refractivity contribution in [3.8, 4) is 5.75 Å². The van der Waals surface area contributed by atoms with Gasteiger partial charge in [0.05, 0.1) is 12.1 Å². The molecular weight excluding hydrogens is 200 g/mol. The lowest BCUT2D eigenvalue weighted by Gasteiger charge is -2.09. The molecule has 1 aromatic carbocycles. The van der Waals surface area contributed by atoms with Gasteiger partial charge in [-0.2, -0.15) is 0 Å². The van der Waals surface area contributed by atoms with E-state index in [2.05, 4.69) is 10.3 Å². The summed E-state index contributed by atoms with van der Waals surface area (Å²) in [6.07, 6.45) is 0. The van der Waals surface area contributed by atoms with Gasteiger partial charge in [-0.25, -0.2) is 0 Å². The number of benzene rings is 1. The van der Waals surface area contributed by atoms with Crippen molar-refractivity contribution in [1.82, 2.24) is 4.98 Å². The first-order valence-electron chi connectivity index (χ1n) is 5.46. The van der Waals surface area contributed by atoms with E-state index in [1.165, 1.54) is 0 Å². The monoisotopic (exact) mass is 216 g/mol. The Morgan fingerprint density at radius 2 is 2.12 bits per heavy atom. The van der Waals surface area contributed by atoms with E-state index in [0.29, 0.717) is 6.61 Å². The molecule has 0 aliphatic rings. The number of nitrogens with zero attached hydrogens (tertiary/aromatic N) is 1. The summed E-state index contributed by atoms with van der Waals surface area (Å²) in [5.74, 6) is 0.886. The zero-order chi connectivity index (χ0) is 11.5. The lowest BCUT2D eigenvalue weighted by Crippen LogP contribution is -1.95. The van der Waals surface area contributed by atoms with Crippen molar-refractivity contribution < 1.29 is 4.74 Å². The summed E-state index contributed by atoms with van der Waals surface area (Å²) in [5, 5.41) is 4.28. The number of pyridine rings is 1. The van der Waals surface area contributed by atoms with Crippen LogP contribution >= 0.6 is 0 Å². The van der Waals surface area contributed by atoms with Gasteiger partial charge in [0.15, 0.2) is 0 Å². The molecule has 0 spiro atoms. The lowest BCUT2D eigenvalue weighted by molar-refractivity contribution is 0.340. The molecule has 3 nitrogen and oxygen atoms in total. The zero-order valence-electron chi connectivity index (χ0n) is 9.87. The third-order valence-electron chi connectivity index (χ3n) is 2.49. The third kappa shape index (κ3) is 1.94. The fourth-order valence-electron chi connectivity index (χ4n) is 1.80. The third-order valence-corrected chi connectivity index (χ3v) is 2.49. The largest absolute Gasteiger partial charge is 0.494 e. The smallest absolute Gasteiger partial charge is 0.120 e. The Labute approximate surface area is 95.5 Å². The van der Waals surface area contributed by atoms with Gasteiger partial charge in [0, 0.05) is 23.8 Å². The molecule has 0 fully saturated rings. The molecule has 3 heteroatoms. The topological polar surface area (TPSA) is 34.1 Å². The number of rotatable bonds is 3. The predicted molar refractivity (Wildman–Crippen MR) is 67.2 cm³/mol. The second-order valence-electron chi connectivity index (χ2n) is 3.67. The molecule has 0 bridgehead atoms. The Balaban J connectivity index is 2.61. The van der Waals surface area contributed by atoms with E-state index < -0.39 is 0 Å². The first-order valence-corrected chi connectivity index (χ1v) is 5.46. The Morgan fingerprint density at radius 1 is 1.31 bits per heavy atom. The molecule has 0 aliphatic heterocycles. The Hall–Kier alpha value is -1.77. The quantitative estimate of drug-likeness (QED) is 0.856. The van der Waals surface area contributed by atoms with Crippen LogP contribution in [0.25, 0.3) is 10.9 Å². The first kappa shape index (κ1) is 10.7. The molecule has 2 rings (SSSR count). The van der Waals surface area contributed by atoms with Crippen LogP contribution in [0.1, 0.15) is 12.6 Å². The fourth-order valence-corrected chi connectivity index (χ4v) is 1.80. The Kier molecular flexibility index (Phi) is 2.95. The standard InChI is InChI=1S/C13H16N2O/c1-4-16-10-5-6-12-11(8-10)13(14-3)7-9(2)15-12/h5-8H,4H2,1-3H3,(H,14,15). The summed E-state index contributed by atoms with van der Waals surface area (Å²) in [4.78, 5) is 4.49. The van der Waals surface area contributed by atoms with Gasteiger partial charge in [-0.15, -0.1) is 0 Å². The van der Waals surface area contributed by atoms with Gasteiger partial charge in [-0.05, 0) is 38.1 Å². The summed E-state index contributed by atoms with van der Waals surface area (Å²) in [6, 6.07) is 8.01. The van der Waals surface area contributed by atoms with Gasteiger partial charge in [-0.1, -0.05) is 0 Å². The van der Waals surface area contributed by atoms with E-state index in [-0.39, 0.29) is 0 Å². The maximum Gasteiger partial charge on any atom is 0.120 e. The van der Waals surface area contributed by atoms with Crippen molar-refractivity contribution in [2.75, 3.05) is 19.0 Å². The van der Waals surface area contributed by atoms with E-state index in [0.717, 1.165) is 28.0 Å². The SMILES string of the molecule is CCOc1ccc2nc(C)cc(NC)c2c1. The maximum absolute atomic E-state index is 5.49. The minimum absolute atomic E-state index is 0.680. The van der Waals surface area contributed by atoms with Crippen LogP contribution in [0.3, 0.4) is 0 Å². The van der Waals surface area contributed by atoms with Crippen LogP contribution in [0.5, 0.6) is 5.75 Å². The molecule has 0 radical (unpaired) electrons. The number of fused-ring (bicyclic) bond motifs is 1. The molecule has 0 amide bonds. The number of anilines is 1. The molecular formula is C13H16N2O. The number of nitrogens with one attached hydrogen (secondary N) is 1. The van der Waals surface area contributed by atoms with Crippen LogP contribution < -0.4 is 10.1 Å². The highest BCUT2D eigenvalue weighted by molar-refractivity contribution is 5.92. The number of hydrogen-bond donors (Lipinski definition) is 1. The molecule has 0 saturated heterocycles. The maximum atomic E-state index is 5.49. The second kappa shape index (κ2) is 4.39. The highest BCUT2D eigenvalue weighted by atomic mass is 16.5. The highest BCUT2D eigenvalue weighted by Crippen LogP contribution is 2.26. The van der Waals surface area contributed by atoms with Crippen LogP contribution in [-0.2, 0) is 0 Å². The van der Waals surface area contributed by atoms with E-state index in [4.69, 9.17) is 4.74 Å². The van der Waals surface area contributed by atoms with Crippen LogP contribution in [0, 0.1) is 6.92 Å². The average Bonchev–Trinajstić information content (AvgIpc) is 2.29. The van der Waals surface area contributed by atoms with Gasteiger partial charge in [-0.3, -0.25) is 4.98 Å². The number of ether oxygens (including phenoxy) is 1. The summed E-state index contributed by atoms with van der Waals surface area (Å²) >= 11 is 0. The van der Waals surface area contributed by atoms with Crippen molar-refractivity contribution in [1.29, 1.82) is 0 Å². The molecule has 2 aromatic rings. The first-order chi connectivity index (χ1) is 7.74. The van der Waals surface area contributed by atoms with Gasteiger partial charge in [0.2, 0.25) is 0 Å². The van der Waals surface area contributed by atoms with Crippen molar-refractivity contribution >= 4 is 16.6 Å². The molecule has 1 heterocycles. The molecule has 84 valence electrons. The molecule has 16 heavy (non-hydrogen) atoms. The summed E-state index contributed by atoms with van der Waals surface area (Å²) in [6.45, 7) is 4.66. The molecule has 0 saturated carbocycles. The minimum Gasteiger partial charge on any atom is -0.494 e. The van der Waals surface area contributed by atoms with Crippen LogP contribution in [0.2, 0.25) is 0 Å². The number of aryl methyl sites for hydroxylation is 1. The van der Waals surface area contributed by atoms with Gasteiger partial charge in [0.1, 0.15) is 5.75 Å². The predicted octanol–water partition coefficient (Wildman–Crippen LogP) is 2.98. The lowest BCUT2D eigenvalue weighted by atomic mass is 10.1. The Morgan fingerprint density at radius 3 is 2.81 bits per heavy atom. The number of aromatic nitrogens is 1. The fraction of sp³-hybridized carbons (Fsp3) is 0.308. The summed E-state index contributed by atoms with van der Waals surface area (Å²) < 4.78 is 5.49. The van der Waals surface area contributed by atoms with Crippen molar-refractivity contribution in [2.45, 2.75) is 13.8 Å². The van der Waals surface area contributed by atoms with E-state index >= 15 is 0 Å². The molecule has 1 aromatic heterocycles. The minimum atomic E-state index is 0.680. The van der Waals surface area contributed by atoms with Crippen molar-refractivity contribution in [2.24, 2.45) is 0 Å². The van der Waals surface area contributed by atoms with Crippen molar-refractivity contribution in [3.63, 3.8) is 0 Å². The van der Waals surface area contributed by atoms with E-state index in [1.54, 1.807) is 0 Å². The highest BCUT2D eigenvalue weighted by Gasteiger charge is 2.04. The molecule has 1 N–H and O–H groups in total. The number of hydrogen-bond acceptors (Lipinski definition) is 3. The van der Waals surface area contributed by atoms with E-state index in [9.17, 15) is 0 Å². The van der Waals surface area contributed by atoms with Gasteiger partial charge in [0.25, 0.3) is 0 Å². The van der Waals surface area contributed by atoms with Gasteiger partial charge < -0.3 is 10.1 Å². The molecule has 0 unspecified atom stereocenters. The van der Waals surface area contributed by atoms with E-state index in [1.807, 2.05) is 45.2 Å². The second-order valence-corrected chi connectivity index (χ2v) is 3.67. The van der Waals surface area contributed by atoms with Gasteiger partial charge >= 0.3 is 0 Å². The van der Waals surface area contributed by atoms with Crippen LogP contribution in [-0.4, -0.2) is 18.6 Å².